The maximum Gasteiger partial charge on any atom is 0.348 e. The number of imidazole rings is 1. The summed E-state index contributed by atoms with van der Waals surface area (Å²) in [4.78, 5) is 32.1. The molecule has 3 heterocycles. The molecule has 0 saturated heterocycles. The lowest BCUT2D eigenvalue weighted by atomic mass is 10.1. The molecule has 0 atom stereocenters. The van der Waals surface area contributed by atoms with E-state index in [0.29, 0.717) is 4.88 Å². The van der Waals surface area contributed by atoms with Crippen LogP contribution in [0.25, 0.3) is 27.3 Å². The van der Waals surface area contributed by atoms with E-state index in [9.17, 15) is 19.1 Å². The van der Waals surface area contributed by atoms with Crippen LogP contribution in [0.2, 0.25) is 5.02 Å². The Balaban J connectivity index is 1.52. The van der Waals surface area contributed by atoms with E-state index in [-0.39, 0.29) is 21.2 Å². The Morgan fingerprint density at radius 3 is 2.43 bits per heavy atom. The van der Waals surface area contributed by atoms with Crippen molar-refractivity contribution in [3.05, 3.63) is 100 Å². The minimum Gasteiger partial charge on any atom is -0.477 e. The number of hydrogen-bond donors (Lipinski definition) is 1. The second-order valence-electron chi connectivity index (χ2n) is 8.69. The summed E-state index contributed by atoms with van der Waals surface area (Å²) in [6.45, 7) is 3.50. The zero-order chi connectivity index (χ0) is 26.3. The van der Waals surface area contributed by atoms with E-state index < -0.39 is 23.7 Å². The van der Waals surface area contributed by atoms with E-state index >= 15 is 0 Å². The smallest absolute Gasteiger partial charge is 0.348 e. The summed E-state index contributed by atoms with van der Waals surface area (Å²) in [6, 6.07) is 18.4. The van der Waals surface area contributed by atoms with Crippen LogP contribution in [0.3, 0.4) is 0 Å². The first-order chi connectivity index (χ1) is 17.7. The molecule has 0 unspecified atom stereocenters. The highest BCUT2D eigenvalue weighted by Gasteiger charge is 2.29. The predicted molar refractivity (Wildman–Crippen MR) is 144 cm³/mol. The Bertz CT molecular complexity index is 1610. The summed E-state index contributed by atoms with van der Waals surface area (Å²) in [6.07, 6.45) is 3.87. The summed E-state index contributed by atoms with van der Waals surface area (Å²) in [7, 11) is 0. The zero-order valence-corrected chi connectivity index (χ0v) is 21.4. The second kappa shape index (κ2) is 9.80. The highest BCUT2D eigenvalue weighted by atomic mass is 35.5. The molecule has 0 bridgehead atoms. The summed E-state index contributed by atoms with van der Waals surface area (Å²) < 4.78 is 16.5. The molecule has 5 rings (SSSR count). The number of nitrogens with zero attached hydrogens (tertiary/aromatic N) is 3. The lowest BCUT2D eigenvalue weighted by Crippen LogP contribution is -2.38. The number of thiophene rings is 1. The van der Waals surface area contributed by atoms with Gasteiger partial charge in [0.1, 0.15) is 16.3 Å². The Kier molecular flexibility index (Phi) is 6.54. The Labute approximate surface area is 221 Å². The van der Waals surface area contributed by atoms with Gasteiger partial charge >= 0.3 is 5.97 Å². The molecule has 6 nitrogen and oxygen atoms in total. The molecule has 9 heteroatoms. The zero-order valence-electron chi connectivity index (χ0n) is 19.9. The van der Waals surface area contributed by atoms with Gasteiger partial charge < -0.3 is 14.4 Å². The molecule has 0 aliphatic heterocycles. The molecule has 0 spiro atoms. The van der Waals surface area contributed by atoms with Gasteiger partial charge in [0.05, 0.1) is 16.9 Å². The van der Waals surface area contributed by atoms with Crippen molar-refractivity contribution in [2.24, 2.45) is 0 Å². The van der Waals surface area contributed by atoms with E-state index in [1.165, 1.54) is 17.0 Å². The number of anilines is 1. The molecule has 0 saturated carbocycles. The maximum absolute atomic E-state index is 14.6. The number of benzene rings is 2. The van der Waals surface area contributed by atoms with E-state index in [2.05, 4.69) is 4.98 Å². The predicted octanol–water partition coefficient (Wildman–Crippen LogP) is 7.28. The van der Waals surface area contributed by atoms with Crippen LogP contribution in [-0.4, -0.2) is 32.4 Å². The molecule has 5 aromatic rings. The number of aromatic carboxylic acids is 1. The summed E-state index contributed by atoms with van der Waals surface area (Å²) in [5.74, 6) is -2.57. The van der Waals surface area contributed by atoms with Gasteiger partial charge in [-0.15, -0.1) is 11.3 Å². The third-order valence-corrected chi connectivity index (χ3v) is 7.29. The first kappa shape index (κ1) is 24.7. The van der Waals surface area contributed by atoms with Crippen molar-refractivity contribution >= 4 is 46.1 Å². The average molecular weight is 534 g/mol. The number of aromatic nitrogens is 2. The third-order valence-electron chi connectivity index (χ3n) is 5.89. The molecule has 186 valence electrons. The fourth-order valence-electron chi connectivity index (χ4n) is 4.15. The third kappa shape index (κ3) is 4.73. The Morgan fingerprint density at radius 1 is 1.05 bits per heavy atom. The molecule has 2 aromatic carbocycles. The number of carboxylic acid groups (broad SMARTS) is 1. The molecule has 0 radical (unpaired) electrons. The number of carbonyl (C=O) groups is 2. The Hall–Kier alpha value is -4.01. The molecular formula is C28H21ClFN3O3S. The minimum absolute atomic E-state index is 0.00384. The van der Waals surface area contributed by atoms with Crippen LogP contribution in [0.1, 0.15) is 33.9 Å². The van der Waals surface area contributed by atoms with Gasteiger partial charge in [-0.25, -0.2) is 14.2 Å². The van der Waals surface area contributed by atoms with Gasteiger partial charge in [0.2, 0.25) is 0 Å². The van der Waals surface area contributed by atoms with Gasteiger partial charge in [0.15, 0.2) is 0 Å². The number of carbonyl (C=O) groups excluding carboxylic acids is 1. The van der Waals surface area contributed by atoms with Crippen molar-refractivity contribution in [1.29, 1.82) is 0 Å². The van der Waals surface area contributed by atoms with Gasteiger partial charge in [-0.3, -0.25) is 4.79 Å². The minimum atomic E-state index is -1.16. The van der Waals surface area contributed by atoms with Crippen molar-refractivity contribution in [3.63, 3.8) is 0 Å². The summed E-state index contributed by atoms with van der Waals surface area (Å²) >= 11 is 6.91. The quantitative estimate of drug-likeness (QED) is 0.249. The fraction of sp³-hybridized carbons (Fsp3) is 0.107. The number of hydrogen-bond acceptors (Lipinski definition) is 4. The molecule has 3 aromatic heterocycles. The first-order valence-electron chi connectivity index (χ1n) is 11.4. The largest absolute Gasteiger partial charge is 0.477 e. The average Bonchev–Trinajstić information content (AvgIpc) is 3.49. The van der Waals surface area contributed by atoms with Gasteiger partial charge in [0, 0.05) is 33.9 Å². The number of fused-ring (bicyclic) bond motifs is 1. The first-order valence-corrected chi connectivity index (χ1v) is 12.6. The highest BCUT2D eigenvalue weighted by molar-refractivity contribution is 7.18. The molecule has 37 heavy (non-hydrogen) atoms. The number of rotatable bonds is 6. The van der Waals surface area contributed by atoms with E-state index in [1.54, 1.807) is 19.9 Å². The van der Waals surface area contributed by atoms with Crippen LogP contribution in [0.4, 0.5) is 10.1 Å². The van der Waals surface area contributed by atoms with Crippen LogP contribution in [-0.2, 0) is 0 Å². The number of amides is 1. The van der Waals surface area contributed by atoms with Gasteiger partial charge in [-0.1, -0.05) is 41.9 Å². The lowest BCUT2D eigenvalue weighted by Gasteiger charge is -2.27. The van der Waals surface area contributed by atoms with E-state index in [1.807, 2.05) is 59.3 Å². The van der Waals surface area contributed by atoms with Gasteiger partial charge in [-0.2, -0.15) is 0 Å². The van der Waals surface area contributed by atoms with Crippen LogP contribution >= 0.6 is 22.9 Å². The molecule has 1 N–H and O–H groups in total. The van der Waals surface area contributed by atoms with E-state index in [4.69, 9.17) is 11.6 Å². The van der Waals surface area contributed by atoms with Crippen molar-refractivity contribution in [1.82, 2.24) is 9.38 Å². The van der Waals surface area contributed by atoms with Gasteiger partial charge in [0.25, 0.3) is 5.91 Å². The molecule has 0 aliphatic carbocycles. The summed E-state index contributed by atoms with van der Waals surface area (Å²) in [5, 5.41) is 10.1. The van der Waals surface area contributed by atoms with Crippen molar-refractivity contribution in [3.8, 4) is 21.7 Å². The SMILES string of the molecule is CC(C)N(C(=O)c1ccc(Cl)cc1F)c1cc(-c2ccc(-c3cn4ccccc4n3)cc2)sc1C(=O)O. The molecule has 1 amide bonds. The number of pyridine rings is 1. The standard InChI is InChI=1S/C28H21ClFN3O3S/c1-16(2)33(27(34)20-11-10-19(29)13-21(20)30)23-14-24(37-26(23)28(35)36)18-8-6-17(7-9-18)22-15-32-12-4-3-5-25(32)31-22/h3-16H,1-2H3,(H,35,36). The van der Waals surface area contributed by atoms with Crippen LogP contribution < -0.4 is 4.90 Å². The molecule has 0 aliphatic rings. The maximum atomic E-state index is 14.6. The Morgan fingerprint density at radius 2 is 1.78 bits per heavy atom. The highest BCUT2D eigenvalue weighted by Crippen LogP contribution is 2.39. The van der Waals surface area contributed by atoms with Crippen LogP contribution in [0, 0.1) is 5.82 Å². The van der Waals surface area contributed by atoms with Gasteiger partial charge in [-0.05, 0) is 55.8 Å². The fourth-order valence-corrected chi connectivity index (χ4v) is 5.30. The normalized spacial score (nSPS) is 11.3. The monoisotopic (exact) mass is 533 g/mol. The second-order valence-corrected chi connectivity index (χ2v) is 10.2. The number of halogens is 2. The molecule has 0 fully saturated rings. The van der Waals surface area contributed by atoms with Crippen molar-refractivity contribution in [2.45, 2.75) is 19.9 Å². The topological polar surface area (TPSA) is 74.9 Å². The van der Waals surface area contributed by atoms with Crippen LogP contribution in [0.15, 0.2) is 79.1 Å². The van der Waals surface area contributed by atoms with Crippen molar-refractivity contribution in [2.75, 3.05) is 4.90 Å². The number of carboxylic acids is 1. The van der Waals surface area contributed by atoms with Crippen LogP contribution in [0.5, 0.6) is 0 Å². The molecular weight excluding hydrogens is 513 g/mol. The van der Waals surface area contributed by atoms with Crippen molar-refractivity contribution < 1.29 is 19.1 Å². The lowest BCUT2D eigenvalue weighted by molar-refractivity contribution is 0.0703. The summed E-state index contributed by atoms with van der Waals surface area (Å²) in [5.41, 5.74) is 3.40. The van der Waals surface area contributed by atoms with E-state index in [0.717, 1.165) is 39.9 Å².